The lowest BCUT2D eigenvalue weighted by Gasteiger charge is -2.31. The summed E-state index contributed by atoms with van der Waals surface area (Å²) in [7, 11) is 0. The molecule has 0 heterocycles. The lowest BCUT2D eigenvalue weighted by atomic mass is 9.80. The maximum absolute atomic E-state index is 3.51. The Kier molecular flexibility index (Phi) is 5.04. The second-order valence-electron chi connectivity index (χ2n) is 4.66. The minimum atomic E-state index is 0.728. The Morgan fingerprint density at radius 3 is 2.36 bits per heavy atom. The van der Waals surface area contributed by atoms with E-state index >= 15 is 0 Å². The van der Waals surface area contributed by atoms with Gasteiger partial charge in [-0.3, -0.25) is 0 Å². The fraction of sp³-hybridized carbons (Fsp3) is 0.846. The van der Waals surface area contributed by atoms with Gasteiger partial charge in [-0.05, 0) is 44.4 Å². The molecule has 0 amide bonds. The molecule has 1 nitrogen and oxygen atoms in total. The third-order valence-electron chi connectivity index (χ3n) is 3.37. The quantitative estimate of drug-likeness (QED) is 0.680. The first-order chi connectivity index (χ1) is 6.74. The molecule has 0 saturated heterocycles. The van der Waals surface area contributed by atoms with E-state index in [1.54, 1.807) is 0 Å². The van der Waals surface area contributed by atoms with Crippen LogP contribution in [0.25, 0.3) is 0 Å². The zero-order valence-corrected chi connectivity index (χ0v) is 9.77. The lowest BCUT2D eigenvalue weighted by molar-refractivity contribution is 0.242. The molecule has 0 spiro atoms. The van der Waals surface area contributed by atoms with Gasteiger partial charge >= 0.3 is 0 Å². The molecule has 14 heavy (non-hydrogen) atoms. The van der Waals surface area contributed by atoms with Gasteiger partial charge in [0.2, 0.25) is 0 Å². The van der Waals surface area contributed by atoms with Gasteiger partial charge in [-0.2, -0.15) is 0 Å². The van der Waals surface area contributed by atoms with Crippen LogP contribution in [0.3, 0.4) is 0 Å². The van der Waals surface area contributed by atoms with Crippen LogP contribution in [0.15, 0.2) is 0 Å². The highest BCUT2D eigenvalue weighted by molar-refractivity contribution is 4.98. The minimum absolute atomic E-state index is 0.728. The van der Waals surface area contributed by atoms with E-state index in [2.05, 4.69) is 31.0 Å². The predicted molar refractivity (Wildman–Crippen MR) is 62.0 cm³/mol. The van der Waals surface area contributed by atoms with Crippen LogP contribution < -0.4 is 5.32 Å². The van der Waals surface area contributed by atoms with E-state index in [-0.39, 0.29) is 0 Å². The van der Waals surface area contributed by atoms with Crippen molar-refractivity contribution in [1.82, 2.24) is 5.32 Å². The highest BCUT2D eigenvalue weighted by Gasteiger charge is 2.22. The first-order valence-electron chi connectivity index (χ1n) is 5.87. The van der Waals surface area contributed by atoms with Crippen molar-refractivity contribution >= 4 is 0 Å². The molecule has 0 atom stereocenters. The van der Waals surface area contributed by atoms with Crippen molar-refractivity contribution < 1.29 is 0 Å². The third-order valence-corrected chi connectivity index (χ3v) is 3.37. The molecule has 0 bridgehead atoms. The van der Waals surface area contributed by atoms with Crippen LogP contribution in [0.4, 0.5) is 0 Å². The van der Waals surface area contributed by atoms with Gasteiger partial charge in [0, 0.05) is 6.04 Å². The predicted octanol–water partition coefficient (Wildman–Crippen LogP) is 2.81. The second kappa shape index (κ2) is 6.09. The summed E-state index contributed by atoms with van der Waals surface area (Å²) in [4.78, 5) is 0. The average molecular weight is 193 g/mol. The molecule has 0 aromatic heterocycles. The largest absolute Gasteiger partial charge is 0.303 e. The standard InChI is InChI=1S/C13H23N/c1-4-5-10-14-13-8-6-12(7-9-13)11(2)3/h11-14H,6-10H2,1-3H3. The summed E-state index contributed by atoms with van der Waals surface area (Å²) in [6.07, 6.45) is 5.48. The molecule has 0 radical (unpaired) electrons. The molecule has 1 rings (SSSR count). The second-order valence-corrected chi connectivity index (χ2v) is 4.66. The molecule has 0 aliphatic heterocycles. The molecule has 1 N–H and O–H groups in total. The van der Waals surface area contributed by atoms with Crippen LogP contribution in [0.2, 0.25) is 0 Å². The van der Waals surface area contributed by atoms with Crippen molar-refractivity contribution in [2.45, 2.75) is 52.5 Å². The molecular formula is C13H23N. The smallest absolute Gasteiger partial charge is 0.0578 e. The molecule has 1 fully saturated rings. The van der Waals surface area contributed by atoms with E-state index in [0.717, 1.165) is 24.4 Å². The monoisotopic (exact) mass is 193 g/mol. The summed E-state index contributed by atoms with van der Waals surface area (Å²) in [6.45, 7) is 7.47. The topological polar surface area (TPSA) is 12.0 Å². The van der Waals surface area contributed by atoms with Gasteiger partial charge < -0.3 is 5.32 Å². The minimum Gasteiger partial charge on any atom is -0.303 e. The van der Waals surface area contributed by atoms with Gasteiger partial charge in [-0.15, -0.1) is 5.92 Å². The number of hydrogen-bond donors (Lipinski definition) is 1. The number of nitrogens with one attached hydrogen (secondary N) is 1. The van der Waals surface area contributed by atoms with Crippen molar-refractivity contribution in [3.63, 3.8) is 0 Å². The summed E-state index contributed by atoms with van der Waals surface area (Å²) >= 11 is 0. The first-order valence-corrected chi connectivity index (χ1v) is 5.87. The zero-order chi connectivity index (χ0) is 10.4. The first kappa shape index (κ1) is 11.6. The van der Waals surface area contributed by atoms with E-state index in [1.165, 1.54) is 25.7 Å². The lowest BCUT2D eigenvalue weighted by Crippen LogP contribution is -2.34. The number of hydrogen-bond acceptors (Lipinski definition) is 1. The highest BCUT2D eigenvalue weighted by atomic mass is 14.9. The Bertz CT molecular complexity index is 201. The molecule has 1 aliphatic carbocycles. The van der Waals surface area contributed by atoms with E-state index in [9.17, 15) is 0 Å². The summed E-state index contributed by atoms with van der Waals surface area (Å²) < 4.78 is 0. The summed E-state index contributed by atoms with van der Waals surface area (Å²) in [6, 6.07) is 0.728. The van der Waals surface area contributed by atoms with Crippen molar-refractivity contribution in [2.75, 3.05) is 6.54 Å². The van der Waals surface area contributed by atoms with E-state index in [4.69, 9.17) is 0 Å². The normalized spacial score (nSPS) is 27.1. The zero-order valence-electron chi connectivity index (χ0n) is 9.77. The molecule has 0 aromatic carbocycles. The van der Waals surface area contributed by atoms with Gasteiger partial charge in [-0.1, -0.05) is 19.8 Å². The van der Waals surface area contributed by atoms with E-state index in [0.29, 0.717) is 0 Å². The van der Waals surface area contributed by atoms with Gasteiger partial charge in [-0.25, -0.2) is 0 Å². The fourth-order valence-electron chi connectivity index (χ4n) is 2.27. The van der Waals surface area contributed by atoms with Gasteiger partial charge in [0.1, 0.15) is 0 Å². The summed E-state index contributed by atoms with van der Waals surface area (Å²) in [5.41, 5.74) is 0. The van der Waals surface area contributed by atoms with Crippen LogP contribution in [0, 0.1) is 23.7 Å². The van der Waals surface area contributed by atoms with Crippen LogP contribution in [-0.4, -0.2) is 12.6 Å². The molecular weight excluding hydrogens is 170 g/mol. The maximum atomic E-state index is 3.51. The van der Waals surface area contributed by atoms with Gasteiger partial charge in [0.15, 0.2) is 0 Å². The van der Waals surface area contributed by atoms with Crippen molar-refractivity contribution in [1.29, 1.82) is 0 Å². The Morgan fingerprint density at radius 1 is 1.21 bits per heavy atom. The Balaban J connectivity index is 2.17. The third kappa shape index (κ3) is 3.72. The molecule has 80 valence electrons. The number of rotatable bonds is 3. The van der Waals surface area contributed by atoms with Crippen molar-refractivity contribution in [3.8, 4) is 11.8 Å². The van der Waals surface area contributed by atoms with Gasteiger partial charge in [0.05, 0.1) is 6.54 Å². The van der Waals surface area contributed by atoms with Crippen LogP contribution in [0.5, 0.6) is 0 Å². The SMILES string of the molecule is CC#CCNC1CCC(C(C)C)CC1. The molecule has 1 aliphatic rings. The van der Waals surface area contributed by atoms with E-state index < -0.39 is 0 Å². The van der Waals surface area contributed by atoms with Crippen molar-refractivity contribution in [2.24, 2.45) is 11.8 Å². The summed E-state index contributed by atoms with van der Waals surface area (Å²) in [5.74, 6) is 7.82. The molecule has 0 aromatic rings. The Morgan fingerprint density at radius 2 is 1.86 bits per heavy atom. The average Bonchev–Trinajstić information content (AvgIpc) is 2.19. The van der Waals surface area contributed by atoms with E-state index in [1.807, 2.05) is 6.92 Å². The van der Waals surface area contributed by atoms with Gasteiger partial charge in [0.25, 0.3) is 0 Å². The molecule has 1 saturated carbocycles. The maximum Gasteiger partial charge on any atom is 0.0578 e. The Labute approximate surface area is 88.7 Å². The molecule has 0 unspecified atom stereocenters. The fourth-order valence-corrected chi connectivity index (χ4v) is 2.27. The highest BCUT2D eigenvalue weighted by Crippen LogP contribution is 2.29. The van der Waals surface area contributed by atoms with Crippen LogP contribution in [0.1, 0.15) is 46.5 Å². The summed E-state index contributed by atoms with van der Waals surface area (Å²) in [5, 5.41) is 3.51. The van der Waals surface area contributed by atoms with Crippen molar-refractivity contribution in [3.05, 3.63) is 0 Å². The Hall–Kier alpha value is -0.480. The molecule has 1 heteroatoms. The van der Waals surface area contributed by atoms with Crippen LogP contribution in [-0.2, 0) is 0 Å². The van der Waals surface area contributed by atoms with Crippen LogP contribution >= 0.6 is 0 Å².